The van der Waals surface area contributed by atoms with E-state index in [-0.39, 0.29) is 11.5 Å². The summed E-state index contributed by atoms with van der Waals surface area (Å²) in [6, 6.07) is 12.2. The summed E-state index contributed by atoms with van der Waals surface area (Å²) in [4.78, 5) is 37.1. The maximum atomic E-state index is 12.5. The van der Waals surface area contributed by atoms with Crippen LogP contribution in [0.4, 0.5) is 11.4 Å². The molecular formula is C23H22N2O4S. The summed E-state index contributed by atoms with van der Waals surface area (Å²) < 4.78 is 5.18. The smallest absolute Gasteiger partial charge is 0.340 e. The Morgan fingerprint density at radius 1 is 0.967 bits per heavy atom. The van der Waals surface area contributed by atoms with E-state index in [1.807, 2.05) is 32.9 Å². The van der Waals surface area contributed by atoms with Crippen molar-refractivity contribution in [2.45, 2.75) is 20.8 Å². The van der Waals surface area contributed by atoms with Crippen LogP contribution in [0.5, 0.6) is 0 Å². The molecule has 0 saturated heterocycles. The zero-order chi connectivity index (χ0) is 21.7. The van der Waals surface area contributed by atoms with Crippen molar-refractivity contribution in [1.82, 2.24) is 0 Å². The highest BCUT2D eigenvalue weighted by atomic mass is 32.1. The summed E-state index contributed by atoms with van der Waals surface area (Å²) in [5.74, 6) is -1.44. The third kappa shape index (κ3) is 5.12. The van der Waals surface area contributed by atoms with E-state index in [9.17, 15) is 14.4 Å². The minimum absolute atomic E-state index is 0.177. The summed E-state index contributed by atoms with van der Waals surface area (Å²) in [6.07, 6.45) is 0. The van der Waals surface area contributed by atoms with Crippen molar-refractivity contribution in [3.8, 4) is 0 Å². The van der Waals surface area contributed by atoms with E-state index < -0.39 is 18.5 Å². The number of hydrogen-bond donors (Lipinski definition) is 2. The molecule has 0 aliphatic heterocycles. The van der Waals surface area contributed by atoms with Crippen molar-refractivity contribution in [3.05, 3.63) is 81.0 Å². The molecule has 2 N–H and O–H groups in total. The molecule has 1 aromatic heterocycles. The van der Waals surface area contributed by atoms with Gasteiger partial charge in [0.1, 0.15) is 0 Å². The lowest BCUT2D eigenvalue weighted by molar-refractivity contribution is -0.119. The zero-order valence-corrected chi connectivity index (χ0v) is 17.8. The van der Waals surface area contributed by atoms with Gasteiger partial charge in [-0.1, -0.05) is 29.8 Å². The molecule has 0 aliphatic carbocycles. The van der Waals surface area contributed by atoms with Gasteiger partial charge in [-0.05, 0) is 55.5 Å². The fourth-order valence-electron chi connectivity index (χ4n) is 3.12. The molecule has 154 valence electrons. The van der Waals surface area contributed by atoms with Gasteiger partial charge in [0.15, 0.2) is 6.61 Å². The van der Waals surface area contributed by atoms with E-state index in [0.29, 0.717) is 16.9 Å². The first-order valence-electron chi connectivity index (χ1n) is 9.32. The van der Waals surface area contributed by atoms with Crippen LogP contribution in [-0.2, 0) is 9.53 Å². The van der Waals surface area contributed by atoms with Crippen LogP contribution in [0.15, 0.2) is 53.2 Å². The molecule has 0 radical (unpaired) electrons. The van der Waals surface area contributed by atoms with Crippen LogP contribution in [0.2, 0.25) is 0 Å². The van der Waals surface area contributed by atoms with E-state index >= 15 is 0 Å². The molecule has 0 unspecified atom stereocenters. The first-order valence-corrected chi connectivity index (χ1v) is 10.3. The zero-order valence-electron chi connectivity index (χ0n) is 16.9. The first-order chi connectivity index (χ1) is 14.3. The Hall–Kier alpha value is -3.45. The molecule has 2 amide bonds. The Kier molecular flexibility index (Phi) is 6.64. The molecule has 7 heteroatoms. The number of aryl methyl sites for hydroxylation is 3. The molecule has 30 heavy (non-hydrogen) atoms. The van der Waals surface area contributed by atoms with Gasteiger partial charge < -0.3 is 15.4 Å². The van der Waals surface area contributed by atoms with Gasteiger partial charge in [0.2, 0.25) is 0 Å². The van der Waals surface area contributed by atoms with Gasteiger partial charge in [0, 0.05) is 11.1 Å². The normalized spacial score (nSPS) is 10.4. The van der Waals surface area contributed by atoms with Crippen LogP contribution in [0.25, 0.3) is 0 Å². The Morgan fingerprint density at radius 3 is 2.33 bits per heavy atom. The molecule has 1 heterocycles. The van der Waals surface area contributed by atoms with Crippen molar-refractivity contribution in [1.29, 1.82) is 0 Å². The molecule has 3 aromatic rings. The number of hydrogen-bond acceptors (Lipinski definition) is 5. The fourth-order valence-corrected chi connectivity index (χ4v) is 3.76. The number of carbonyl (C=O) groups is 3. The molecule has 0 bridgehead atoms. The molecular weight excluding hydrogens is 400 g/mol. The van der Waals surface area contributed by atoms with E-state index in [2.05, 4.69) is 10.6 Å². The lowest BCUT2D eigenvalue weighted by atomic mass is 10.1. The Labute approximate surface area is 178 Å². The summed E-state index contributed by atoms with van der Waals surface area (Å²) in [6.45, 7) is 5.38. The second-order valence-electron chi connectivity index (χ2n) is 6.91. The number of rotatable bonds is 6. The van der Waals surface area contributed by atoms with Crippen LogP contribution >= 0.6 is 11.3 Å². The number of amides is 2. The van der Waals surface area contributed by atoms with Gasteiger partial charge in [-0.25, -0.2) is 4.79 Å². The van der Waals surface area contributed by atoms with E-state index in [4.69, 9.17) is 4.74 Å². The lowest BCUT2D eigenvalue weighted by Crippen LogP contribution is -2.22. The topological polar surface area (TPSA) is 84.5 Å². The minimum atomic E-state index is -0.691. The van der Waals surface area contributed by atoms with E-state index in [1.165, 1.54) is 17.4 Å². The van der Waals surface area contributed by atoms with Gasteiger partial charge in [0.25, 0.3) is 11.8 Å². The molecule has 0 atom stereocenters. The number of carbonyl (C=O) groups excluding carboxylic acids is 3. The van der Waals surface area contributed by atoms with Crippen LogP contribution in [-0.4, -0.2) is 24.4 Å². The number of para-hydroxylation sites is 1. The predicted octanol–water partition coefficient (Wildman–Crippen LogP) is 4.72. The van der Waals surface area contributed by atoms with E-state index in [1.54, 1.807) is 35.0 Å². The maximum Gasteiger partial charge on any atom is 0.340 e. The van der Waals surface area contributed by atoms with Gasteiger partial charge in [-0.3, -0.25) is 9.59 Å². The maximum absolute atomic E-state index is 12.5. The summed E-state index contributed by atoms with van der Waals surface area (Å²) in [7, 11) is 0. The summed E-state index contributed by atoms with van der Waals surface area (Å²) >= 11 is 1.41. The molecule has 0 saturated carbocycles. The van der Waals surface area contributed by atoms with Crippen LogP contribution in [0.3, 0.4) is 0 Å². The molecule has 0 aliphatic rings. The van der Waals surface area contributed by atoms with Crippen molar-refractivity contribution in [2.24, 2.45) is 0 Å². The molecule has 2 aromatic carbocycles. The van der Waals surface area contributed by atoms with Crippen molar-refractivity contribution >= 4 is 40.5 Å². The fraction of sp³-hybridized carbons (Fsp3) is 0.174. The molecule has 3 rings (SSSR count). The largest absolute Gasteiger partial charge is 0.452 e. The Morgan fingerprint density at radius 2 is 1.67 bits per heavy atom. The van der Waals surface area contributed by atoms with Crippen LogP contribution in [0.1, 0.15) is 37.4 Å². The standard InChI is InChI=1S/C23H22N2O4S/c1-14-10-15(2)21(16(3)11-14)25-20(26)12-29-23(28)18-6-4-5-7-19(18)24-22(27)17-8-9-30-13-17/h4-11,13H,12H2,1-3H3,(H,24,27)(H,25,26). The van der Waals surface area contributed by atoms with Gasteiger partial charge in [-0.2, -0.15) is 11.3 Å². The summed E-state index contributed by atoms with van der Waals surface area (Å²) in [5, 5.41) is 9.02. The van der Waals surface area contributed by atoms with Crippen LogP contribution in [0, 0.1) is 20.8 Å². The lowest BCUT2D eigenvalue weighted by Gasteiger charge is -2.13. The predicted molar refractivity (Wildman–Crippen MR) is 118 cm³/mol. The second-order valence-corrected chi connectivity index (χ2v) is 7.69. The van der Waals surface area contributed by atoms with Gasteiger partial charge in [0.05, 0.1) is 16.8 Å². The SMILES string of the molecule is Cc1cc(C)c(NC(=O)COC(=O)c2ccccc2NC(=O)c2ccsc2)c(C)c1. The Bertz CT molecular complexity index is 1070. The third-order valence-corrected chi connectivity index (χ3v) is 5.14. The minimum Gasteiger partial charge on any atom is -0.452 e. The number of anilines is 2. The molecule has 0 fully saturated rings. The number of ether oxygens (including phenoxy) is 1. The second kappa shape index (κ2) is 9.37. The highest BCUT2D eigenvalue weighted by Gasteiger charge is 2.17. The van der Waals surface area contributed by atoms with Crippen molar-refractivity contribution in [3.63, 3.8) is 0 Å². The average molecular weight is 423 g/mol. The summed E-state index contributed by atoms with van der Waals surface area (Å²) in [5.41, 5.74) is 4.70. The number of thiophene rings is 1. The monoisotopic (exact) mass is 422 g/mol. The number of nitrogens with one attached hydrogen (secondary N) is 2. The van der Waals surface area contributed by atoms with Crippen molar-refractivity contribution in [2.75, 3.05) is 17.2 Å². The van der Waals surface area contributed by atoms with E-state index in [0.717, 1.165) is 16.7 Å². The van der Waals surface area contributed by atoms with Gasteiger partial charge in [-0.15, -0.1) is 0 Å². The third-order valence-electron chi connectivity index (χ3n) is 4.45. The van der Waals surface area contributed by atoms with Crippen molar-refractivity contribution < 1.29 is 19.1 Å². The Balaban J connectivity index is 1.64. The quantitative estimate of drug-likeness (QED) is 0.563. The van der Waals surface area contributed by atoms with Gasteiger partial charge >= 0.3 is 5.97 Å². The van der Waals surface area contributed by atoms with Crippen LogP contribution < -0.4 is 10.6 Å². The molecule has 0 spiro atoms. The average Bonchev–Trinajstić information content (AvgIpc) is 3.24. The molecule has 6 nitrogen and oxygen atoms in total. The highest BCUT2D eigenvalue weighted by Crippen LogP contribution is 2.22. The number of benzene rings is 2. The number of esters is 1. The highest BCUT2D eigenvalue weighted by molar-refractivity contribution is 7.08. The first kappa shape index (κ1) is 21.3.